The molecule has 4 heterocycles. The van der Waals surface area contributed by atoms with Gasteiger partial charge in [0.05, 0.1) is 16.9 Å². The molecular weight excluding hydrogens is 530 g/mol. The van der Waals surface area contributed by atoms with Crippen LogP contribution in [0.3, 0.4) is 0 Å². The fraction of sp³-hybridized carbons (Fsp3) is 0.353. The lowest BCUT2D eigenvalue weighted by Gasteiger charge is -2.49. The number of carboxylic acid groups (broad SMARTS) is 1. The van der Waals surface area contributed by atoms with Crippen LogP contribution >= 0.6 is 34.9 Å². The Morgan fingerprint density at radius 2 is 2.21 bits per heavy atom. The van der Waals surface area contributed by atoms with Gasteiger partial charge in [-0.15, -0.1) is 22.0 Å². The summed E-state index contributed by atoms with van der Waals surface area (Å²) in [5.74, 6) is -3.07. The molecule has 34 heavy (non-hydrogen) atoms. The van der Waals surface area contributed by atoms with E-state index in [1.807, 2.05) is 6.92 Å². The fourth-order valence-electron chi connectivity index (χ4n) is 3.22. The number of thioether (sulfide) groups is 2. The van der Waals surface area contributed by atoms with Gasteiger partial charge in [-0.1, -0.05) is 23.1 Å². The number of aliphatic carboxylic acids is 1. The molecule has 0 aromatic carbocycles. The summed E-state index contributed by atoms with van der Waals surface area (Å²) in [6.07, 6.45) is 0. The predicted octanol–water partition coefficient (Wildman–Crippen LogP) is 0.986. The minimum Gasteiger partial charge on any atom is -0.477 e. The number of furan rings is 1. The number of amides is 2. The summed E-state index contributed by atoms with van der Waals surface area (Å²) in [7, 11) is -1.99. The number of nitro groups is 1. The van der Waals surface area contributed by atoms with Gasteiger partial charge in [0.25, 0.3) is 5.91 Å². The molecular formula is C17H15N5O8S4. The van der Waals surface area contributed by atoms with E-state index in [9.17, 15) is 33.8 Å². The molecule has 0 saturated carbocycles. The summed E-state index contributed by atoms with van der Waals surface area (Å²) < 4.78 is 17.8. The summed E-state index contributed by atoms with van der Waals surface area (Å²) in [6.45, 7) is 1.81. The van der Waals surface area contributed by atoms with Crippen LogP contribution in [0.25, 0.3) is 0 Å². The van der Waals surface area contributed by atoms with Crippen molar-refractivity contribution in [1.29, 1.82) is 0 Å². The largest absolute Gasteiger partial charge is 0.477 e. The quantitative estimate of drug-likeness (QED) is 0.197. The first-order chi connectivity index (χ1) is 16.2. The van der Waals surface area contributed by atoms with Crippen molar-refractivity contribution in [1.82, 2.24) is 20.4 Å². The molecule has 0 bridgehead atoms. The highest BCUT2D eigenvalue weighted by atomic mass is 32.2. The van der Waals surface area contributed by atoms with Crippen molar-refractivity contribution in [2.75, 3.05) is 17.3 Å². The molecule has 2 aliphatic heterocycles. The molecule has 0 radical (unpaired) electrons. The molecule has 17 heteroatoms. The molecule has 2 aliphatic rings. The summed E-state index contributed by atoms with van der Waals surface area (Å²) in [5, 5.41) is 30.7. The molecule has 1 saturated heterocycles. The van der Waals surface area contributed by atoms with E-state index in [-0.39, 0.29) is 10.8 Å². The second kappa shape index (κ2) is 9.85. The third-order valence-electron chi connectivity index (χ3n) is 4.68. The number of nitrogens with zero attached hydrogens (tertiary/aromatic N) is 4. The van der Waals surface area contributed by atoms with Crippen molar-refractivity contribution >= 4 is 69.3 Å². The molecule has 2 amide bonds. The van der Waals surface area contributed by atoms with Crippen LogP contribution in [0.5, 0.6) is 0 Å². The zero-order valence-electron chi connectivity index (χ0n) is 17.2. The van der Waals surface area contributed by atoms with Gasteiger partial charge in [-0.05, 0) is 12.5 Å². The number of hydrogen-bond donors (Lipinski definition) is 2. The van der Waals surface area contributed by atoms with Gasteiger partial charge in [0.15, 0.2) is 9.43 Å². The normalized spacial score (nSPS) is 20.5. The highest BCUT2D eigenvalue weighted by Gasteiger charge is 2.54. The van der Waals surface area contributed by atoms with Crippen LogP contribution in [0.15, 0.2) is 37.3 Å². The van der Waals surface area contributed by atoms with Gasteiger partial charge in [0.1, 0.15) is 32.8 Å². The Morgan fingerprint density at radius 1 is 1.44 bits per heavy atom. The Labute approximate surface area is 206 Å². The average molecular weight is 546 g/mol. The van der Waals surface area contributed by atoms with Crippen molar-refractivity contribution in [3.05, 3.63) is 38.5 Å². The number of nitrogens with one attached hydrogen (secondary N) is 1. The van der Waals surface area contributed by atoms with Crippen LogP contribution in [-0.4, -0.2) is 75.8 Å². The van der Waals surface area contributed by atoms with Gasteiger partial charge >= 0.3 is 11.9 Å². The highest BCUT2D eigenvalue weighted by molar-refractivity contribution is 8.01. The number of fused-ring (bicyclic) bond motifs is 1. The van der Waals surface area contributed by atoms with Crippen LogP contribution in [0.1, 0.15) is 5.01 Å². The Bertz CT molecular complexity index is 1240. The third-order valence-corrected chi connectivity index (χ3v) is 9.27. The molecule has 3 atom stereocenters. The van der Waals surface area contributed by atoms with Gasteiger partial charge in [0, 0.05) is 17.6 Å². The van der Waals surface area contributed by atoms with Crippen LogP contribution in [0, 0.1) is 17.0 Å². The topological polar surface area (TPSA) is 186 Å². The van der Waals surface area contributed by atoms with Crippen LogP contribution < -0.4 is 5.32 Å². The average Bonchev–Trinajstić information content (AvgIpc) is 3.44. The summed E-state index contributed by atoms with van der Waals surface area (Å²) in [6, 6.07) is 1.19. The molecule has 13 nitrogen and oxygen atoms in total. The first kappa shape index (κ1) is 24.4. The van der Waals surface area contributed by atoms with E-state index in [1.54, 1.807) is 0 Å². The zero-order chi connectivity index (χ0) is 24.6. The van der Waals surface area contributed by atoms with Crippen LogP contribution in [0.4, 0.5) is 5.88 Å². The number of aryl methyl sites for hydroxylation is 1. The van der Waals surface area contributed by atoms with Crippen molar-refractivity contribution in [3.8, 4) is 0 Å². The molecule has 0 spiro atoms. The number of carbonyl (C=O) groups excluding carboxylic acids is 2. The number of carbonyl (C=O) groups is 3. The minimum absolute atomic E-state index is 0.112. The lowest BCUT2D eigenvalue weighted by Crippen LogP contribution is -2.70. The Hall–Kier alpha value is -2.76. The summed E-state index contributed by atoms with van der Waals surface area (Å²) >= 11 is 4.03. The molecule has 180 valence electrons. The predicted molar refractivity (Wildman–Crippen MR) is 122 cm³/mol. The maximum Gasteiger partial charge on any atom is 0.434 e. The molecule has 4 rings (SSSR count). The maximum atomic E-state index is 12.7. The minimum atomic E-state index is -1.99. The molecule has 1 fully saturated rings. The first-order valence-corrected chi connectivity index (χ1v) is 13.6. The van der Waals surface area contributed by atoms with Crippen molar-refractivity contribution in [2.45, 2.75) is 27.8 Å². The molecule has 2 aromatic heterocycles. The standard InChI is InChI=1S/C17H15N5O8S4/c1-7-19-20-17(33-7)32-5-8-4-31-15-12(14(24)21(15)13(8)16(25)26)18-9(23)6-34(29)11-3-2-10(30-11)22(27)28/h2-3,12,15H,4-6H2,1H3,(H,18,23)(H,25,26)/t12?,15-,34?/m1/s1. The maximum absolute atomic E-state index is 12.7. The monoisotopic (exact) mass is 545 g/mol. The van der Waals surface area contributed by atoms with Crippen molar-refractivity contribution in [3.63, 3.8) is 0 Å². The van der Waals surface area contributed by atoms with E-state index in [1.165, 1.54) is 34.9 Å². The van der Waals surface area contributed by atoms with Crippen LogP contribution in [-0.2, 0) is 25.2 Å². The Morgan fingerprint density at radius 3 is 2.82 bits per heavy atom. The molecule has 2 N–H and O–H groups in total. The van der Waals surface area contributed by atoms with E-state index in [4.69, 9.17) is 4.42 Å². The van der Waals surface area contributed by atoms with E-state index in [0.717, 1.165) is 22.0 Å². The number of rotatable bonds is 9. The Kier molecular flexibility index (Phi) is 7.06. The van der Waals surface area contributed by atoms with Crippen molar-refractivity contribution in [2.24, 2.45) is 0 Å². The van der Waals surface area contributed by atoms with E-state index < -0.39 is 56.6 Å². The molecule has 2 aromatic rings. The number of carboxylic acids is 1. The Balaban J connectivity index is 1.39. The van der Waals surface area contributed by atoms with Gasteiger partial charge in [-0.2, -0.15) is 0 Å². The number of aromatic nitrogens is 2. The molecule has 2 unspecified atom stereocenters. The summed E-state index contributed by atoms with van der Waals surface area (Å²) in [5.41, 5.74) is 0.449. The zero-order valence-corrected chi connectivity index (χ0v) is 20.4. The van der Waals surface area contributed by atoms with Crippen molar-refractivity contribution < 1.29 is 33.0 Å². The van der Waals surface area contributed by atoms with Gasteiger partial charge < -0.3 is 14.8 Å². The van der Waals surface area contributed by atoms with E-state index >= 15 is 0 Å². The van der Waals surface area contributed by atoms with E-state index in [0.29, 0.717) is 21.4 Å². The van der Waals surface area contributed by atoms with Gasteiger partial charge in [-0.3, -0.25) is 28.8 Å². The summed E-state index contributed by atoms with van der Waals surface area (Å²) in [4.78, 5) is 48.0. The lowest BCUT2D eigenvalue weighted by molar-refractivity contribution is -0.403. The lowest BCUT2D eigenvalue weighted by atomic mass is 10.0. The van der Waals surface area contributed by atoms with Gasteiger partial charge in [-0.25, -0.2) is 4.79 Å². The first-order valence-electron chi connectivity index (χ1n) is 9.40. The molecule has 0 aliphatic carbocycles. The second-order valence-electron chi connectivity index (χ2n) is 6.93. The number of hydrogen-bond acceptors (Lipinski definition) is 12. The van der Waals surface area contributed by atoms with Crippen LogP contribution in [0.2, 0.25) is 0 Å². The smallest absolute Gasteiger partial charge is 0.434 e. The fourth-order valence-corrected chi connectivity index (χ4v) is 7.38. The highest BCUT2D eigenvalue weighted by Crippen LogP contribution is 2.41. The SMILES string of the molecule is Cc1nnc(SCC2=C(C(=O)O)N3C(=O)C(NC(=O)CS(=O)c4ccc([N+](=O)[O-])o4)[C@H]3SC2)s1. The number of β-lactam (4-membered cyclic amide) rings is 1. The van der Waals surface area contributed by atoms with E-state index in [2.05, 4.69) is 15.5 Å². The van der Waals surface area contributed by atoms with Gasteiger partial charge in [0.2, 0.25) is 5.91 Å². The third kappa shape index (κ3) is 4.86. The second-order valence-corrected chi connectivity index (χ2v) is 11.8.